The Morgan fingerprint density at radius 1 is 1.25 bits per heavy atom. The van der Waals surface area contributed by atoms with E-state index in [2.05, 4.69) is 15.6 Å². The summed E-state index contributed by atoms with van der Waals surface area (Å²) in [7, 11) is 0. The summed E-state index contributed by atoms with van der Waals surface area (Å²) in [6.07, 6.45) is 4.33. The predicted molar refractivity (Wildman–Crippen MR) is 90.1 cm³/mol. The molecule has 0 bridgehead atoms. The number of nitrogens with zero attached hydrogens (tertiary/aromatic N) is 1. The van der Waals surface area contributed by atoms with E-state index < -0.39 is 0 Å². The number of urea groups is 1. The van der Waals surface area contributed by atoms with Crippen LogP contribution in [0.25, 0.3) is 0 Å². The molecule has 2 heterocycles. The van der Waals surface area contributed by atoms with Crippen molar-refractivity contribution in [2.24, 2.45) is 0 Å². The Balaban J connectivity index is 1.54. The molecule has 3 rings (SSSR count). The SMILES string of the molecule is C[C@H](NC(=O)NCc1ccc2c(c1)OCCCO2)c1cccnc1. The van der Waals surface area contributed by atoms with Crippen molar-refractivity contribution in [3.63, 3.8) is 0 Å². The van der Waals surface area contributed by atoms with E-state index in [-0.39, 0.29) is 12.1 Å². The van der Waals surface area contributed by atoms with E-state index >= 15 is 0 Å². The zero-order valence-electron chi connectivity index (χ0n) is 13.6. The van der Waals surface area contributed by atoms with Gasteiger partial charge in [0.2, 0.25) is 0 Å². The highest BCUT2D eigenvalue weighted by Gasteiger charge is 2.12. The summed E-state index contributed by atoms with van der Waals surface area (Å²) >= 11 is 0. The van der Waals surface area contributed by atoms with Crippen LogP contribution in [0.5, 0.6) is 11.5 Å². The van der Waals surface area contributed by atoms with Crippen molar-refractivity contribution in [3.05, 3.63) is 53.9 Å². The van der Waals surface area contributed by atoms with Crippen molar-refractivity contribution < 1.29 is 14.3 Å². The lowest BCUT2D eigenvalue weighted by molar-refractivity contribution is 0.237. The van der Waals surface area contributed by atoms with Crippen molar-refractivity contribution >= 4 is 6.03 Å². The highest BCUT2D eigenvalue weighted by molar-refractivity contribution is 5.74. The van der Waals surface area contributed by atoms with Crippen LogP contribution in [0.4, 0.5) is 4.79 Å². The largest absolute Gasteiger partial charge is 0.490 e. The molecule has 1 atom stereocenters. The van der Waals surface area contributed by atoms with E-state index in [1.165, 1.54) is 0 Å². The summed E-state index contributed by atoms with van der Waals surface area (Å²) in [5.41, 5.74) is 1.92. The van der Waals surface area contributed by atoms with Crippen LogP contribution in [-0.4, -0.2) is 24.2 Å². The number of carbonyl (C=O) groups excluding carboxylic acids is 1. The van der Waals surface area contributed by atoms with E-state index in [1.54, 1.807) is 12.4 Å². The first kappa shape index (κ1) is 16.1. The average Bonchev–Trinajstić information content (AvgIpc) is 2.85. The van der Waals surface area contributed by atoms with E-state index in [9.17, 15) is 4.79 Å². The molecule has 126 valence electrons. The van der Waals surface area contributed by atoms with Gasteiger partial charge in [-0.2, -0.15) is 0 Å². The quantitative estimate of drug-likeness (QED) is 0.906. The lowest BCUT2D eigenvalue weighted by Gasteiger charge is -2.15. The molecule has 0 unspecified atom stereocenters. The molecule has 0 spiro atoms. The molecule has 0 fully saturated rings. The third-order valence-electron chi connectivity index (χ3n) is 3.80. The van der Waals surface area contributed by atoms with Gasteiger partial charge in [0.25, 0.3) is 0 Å². The number of hydrogen-bond donors (Lipinski definition) is 2. The molecule has 2 N–H and O–H groups in total. The Kier molecular flexibility index (Phi) is 5.15. The molecule has 1 aliphatic rings. The van der Waals surface area contributed by atoms with Crippen molar-refractivity contribution in [3.8, 4) is 11.5 Å². The fourth-order valence-corrected chi connectivity index (χ4v) is 2.46. The molecule has 1 aromatic heterocycles. The molecule has 6 heteroatoms. The smallest absolute Gasteiger partial charge is 0.315 e. The second-order valence-corrected chi connectivity index (χ2v) is 5.67. The fourth-order valence-electron chi connectivity index (χ4n) is 2.46. The van der Waals surface area contributed by atoms with Crippen LogP contribution in [0, 0.1) is 0 Å². The van der Waals surface area contributed by atoms with Crippen LogP contribution in [0.15, 0.2) is 42.7 Å². The van der Waals surface area contributed by atoms with Gasteiger partial charge in [-0.1, -0.05) is 12.1 Å². The Morgan fingerprint density at radius 2 is 2.08 bits per heavy atom. The van der Waals surface area contributed by atoms with Gasteiger partial charge in [0, 0.05) is 25.4 Å². The van der Waals surface area contributed by atoms with Crippen LogP contribution in [0.3, 0.4) is 0 Å². The zero-order chi connectivity index (χ0) is 16.8. The van der Waals surface area contributed by atoms with Gasteiger partial charge in [0.15, 0.2) is 11.5 Å². The number of aromatic nitrogens is 1. The minimum atomic E-state index is -0.224. The van der Waals surface area contributed by atoms with Crippen molar-refractivity contribution in [1.82, 2.24) is 15.6 Å². The molecule has 0 aliphatic carbocycles. The lowest BCUT2D eigenvalue weighted by Crippen LogP contribution is -2.36. The summed E-state index contributed by atoms with van der Waals surface area (Å²) in [6, 6.07) is 9.17. The summed E-state index contributed by atoms with van der Waals surface area (Å²) < 4.78 is 11.3. The molecule has 0 saturated carbocycles. The van der Waals surface area contributed by atoms with Gasteiger partial charge in [-0.05, 0) is 36.2 Å². The Labute approximate surface area is 141 Å². The van der Waals surface area contributed by atoms with E-state index in [0.717, 1.165) is 29.0 Å². The molecule has 0 radical (unpaired) electrons. The number of amides is 2. The lowest BCUT2D eigenvalue weighted by atomic mass is 10.1. The van der Waals surface area contributed by atoms with Crippen molar-refractivity contribution in [2.75, 3.05) is 13.2 Å². The Morgan fingerprint density at radius 3 is 2.88 bits per heavy atom. The minimum absolute atomic E-state index is 0.109. The van der Waals surface area contributed by atoms with E-state index in [0.29, 0.717) is 19.8 Å². The number of ether oxygens (including phenoxy) is 2. The Hall–Kier alpha value is -2.76. The fraction of sp³-hybridized carbons (Fsp3) is 0.333. The monoisotopic (exact) mass is 327 g/mol. The number of nitrogens with one attached hydrogen (secondary N) is 2. The summed E-state index contributed by atoms with van der Waals surface area (Å²) in [6.45, 7) is 3.65. The number of carbonyl (C=O) groups is 1. The Bertz CT molecular complexity index is 691. The molecule has 0 saturated heterocycles. The van der Waals surface area contributed by atoms with Gasteiger partial charge in [-0.3, -0.25) is 4.98 Å². The number of benzene rings is 1. The molecule has 1 aliphatic heterocycles. The second kappa shape index (κ2) is 7.68. The van der Waals surface area contributed by atoms with Crippen LogP contribution in [-0.2, 0) is 6.54 Å². The molecular weight excluding hydrogens is 306 g/mol. The number of rotatable bonds is 4. The molecule has 24 heavy (non-hydrogen) atoms. The molecule has 6 nitrogen and oxygen atoms in total. The highest BCUT2D eigenvalue weighted by atomic mass is 16.5. The first-order chi connectivity index (χ1) is 11.7. The second-order valence-electron chi connectivity index (χ2n) is 5.67. The van der Waals surface area contributed by atoms with Gasteiger partial charge >= 0.3 is 6.03 Å². The van der Waals surface area contributed by atoms with Crippen LogP contribution >= 0.6 is 0 Å². The van der Waals surface area contributed by atoms with Crippen LogP contribution < -0.4 is 20.1 Å². The van der Waals surface area contributed by atoms with E-state index in [4.69, 9.17) is 9.47 Å². The average molecular weight is 327 g/mol. The molecular formula is C18H21N3O3. The first-order valence-electron chi connectivity index (χ1n) is 8.05. The first-order valence-corrected chi connectivity index (χ1v) is 8.05. The third kappa shape index (κ3) is 4.16. The number of hydrogen-bond acceptors (Lipinski definition) is 4. The highest BCUT2D eigenvalue weighted by Crippen LogP contribution is 2.30. The van der Waals surface area contributed by atoms with Crippen molar-refractivity contribution in [2.45, 2.75) is 25.9 Å². The predicted octanol–water partition coefficient (Wildman–Crippen LogP) is 2.80. The molecule has 2 aromatic rings. The molecule has 2 amide bonds. The maximum Gasteiger partial charge on any atom is 0.315 e. The summed E-state index contributed by atoms with van der Waals surface area (Å²) in [5.74, 6) is 1.49. The maximum atomic E-state index is 12.0. The number of fused-ring (bicyclic) bond motifs is 1. The van der Waals surface area contributed by atoms with Crippen molar-refractivity contribution in [1.29, 1.82) is 0 Å². The standard InChI is InChI=1S/C18H21N3O3/c1-13(15-4-2-7-19-12-15)21-18(22)20-11-14-5-6-16-17(10-14)24-9-3-8-23-16/h2,4-7,10,12-13H,3,8-9,11H2,1H3,(H2,20,21,22)/t13-/m0/s1. The topological polar surface area (TPSA) is 72.5 Å². The zero-order valence-corrected chi connectivity index (χ0v) is 13.6. The summed E-state index contributed by atoms with van der Waals surface area (Å²) in [4.78, 5) is 16.1. The molecule has 1 aromatic carbocycles. The third-order valence-corrected chi connectivity index (χ3v) is 3.80. The maximum absolute atomic E-state index is 12.0. The van der Waals surface area contributed by atoms with Gasteiger partial charge in [0.05, 0.1) is 19.3 Å². The normalized spacial score (nSPS) is 14.4. The minimum Gasteiger partial charge on any atom is -0.490 e. The number of pyridine rings is 1. The summed E-state index contributed by atoms with van der Waals surface area (Å²) in [5, 5.41) is 5.75. The van der Waals surface area contributed by atoms with Gasteiger partial charge in [0.1, 0.15) is 0 Å². The van der Waals surface area contributed by atoms with Gasteiger partial charge < -0.3 is 20.1 Å². The van der Waals surface area contributed by atoms with E-state index in [1.807, 2.05) is 37.3 Å². The van der Waals surface area contributed by atoms with Crippen LogP contribution in [0.2, 0.25) is 0 Å². The van der Waals surface area contributed by atoms with Crippen LogP contribution in [0.1, 0.15) is 30.5 Å². The van der Waals surface area contributed by atoms with Gasteiger partial charge in [-0.15, -0.1) is 0 Å². The van der Waals surface area contributed by atoms with Gasteiger partial charge in [-0.25, -0.2) is 4.79 Å².